The highest BCUT2D eigenvalue weighted by Gasteiger charge is 1.99. The van der Waals surface area contributed by atoms with Gasteiger partial charge in [-0.25, -0.2) is 0 Å². The van der Waals surface area contributed by atoms with E-state index in [9.17, 15) is 0 Å². The van der Waals surface area contributed by atoms with E-state index >= 15 is 0 Å². The lowest BCUT2D eigenvalue weighted by Gasteiger charge is -1.97. The summed E-state index contributed by atoms with van der Waals surface area (Å²) in [6.45, 7) is 0. The molecule has 0 aliphatic rings. The maximum absolute atomic E-state index is 5.27. The van der Waals surface area contributed by atoms with Crippen LogP contribution in [0.1, 0.15) is 5.82 Å². The number of aromatic nitrogens is 3. The van der Waals surface area contributed by atoms with E-state index in [-0.39, 0.29) is 17.8 Å². The molecule has 56 valence electrons. The van der Waals surface area contributed by atoms with Crippen molar-refractivity contribution >= 4 is 5.95 Å². The number of nitrogens with zero attached hydrogens (tertiary/aromatic N) is 3. The van der Waals surface area contributed by atoms with E-state index in [0.29, 0.717) is 0 Å². The van der Waals surface area contributed by atoms with Gasteiger partial charge in [-0.15, -0.1) is 6.42 Å². The highest BCUT2D eigenvalue weighted by Crippen LogP contribution is 2.02. The molecule has 1 rings (SSSR count). The van der Waals surface area contributed by atoms with Gasteiger partial charge >= 0.3 is 6.01 Å². The Labute approximate surface area is 63.6 Å². The van der Waals surface area contributed by atoms with E-state index in [1.807, 2.05) is 0 Å². The van der Waals surface area contributed by atoms with E-state index in [1.54, 1.807) is 0 Å². The van der Waals surface area contributed by atoms with Crippen molar-refractivity contribution in [3.05, 3.63) is 5.82 Å². The van der Waals surface area contributed by atoms with Crippen molar-refractivity contribution in [2.75, 3.05) is 12.8 Å². The Hall–Kier alpha value is -1.83. The van der Waals surface area contributed by atoms with E-state index < -0.39 is 0 Å². The molecule has 1 heterocycles. The van der Waals surface area contributed by atoms with E-state index in [4.69, 9.17) is 16.9 Å². The van der Waals surface area contributed by atoms with Crippen LogP contribution in [-0.4, -0.2) is 22.1 Å². The van der Waals surface area contributed by atoms with Crippen LogP contribution in [0.2, 0.25) is 0 Å². The molecule has 0 spiro atoms. The lowest BCUT2D eigenvalue weighted by atomic mass is 10.6. The van der Waals surface area contributed by atoms with Crippen LogP contribution in [0.15, 0.2) is 0 Å². The largest absolute Gasteiger partial charge is 0.467 e. The third kappa shape index (κ3) is 1.55. The molecule has 0 radical (unpaired) electrons. The van der Waals surface area contributed by atoms with Gasteiger partial charge in [-0.3, -0.25) is 0 Å². The van der Waals surface area contributed by atoms with Gasteiger partial charge in [-0.05, 0) is 5.92 Å². The summed E-state index contributed by atoms with van der Waals surface area (Å²) in [6.07, 6.45) is 5.03. The van der Waals surface area contributed by atoms with Crippen LogP contribution >= 0.6 is 0 Å². The molecule has 0 aromatic carbocycles. The molecule has 0 bridgehead atoms. The van der Waals surface area contributed by atoms with E-state index in [1.165, 1.54) is 7.11 Å². The summed E-state index contributed by atoms with van der Waals surface area (Å²) in [4.78, 5) is 11.0. The number of hydrogen-bond donors (Lipinski definition) is 1. The smallest absolute Gasteiger partial charge is 0.322 e. The number of rotatable bonds is 1. The summed E-state index contributed by atoms with van der Waals surface area (Å²) >= 11 is 0. The van der Waals surface area contributed by atoms with Gasteiger partial charge in [0.1, 0.15) is 0 Å². The molecule has 1 aromatic rings. The van der Waals surface area contributed by atoms with Crippen LogP contribution in [0, 0.1) is 12.3 Å². The lowest BCUT2D eigenvalue weighted by molar-refractivity contribution is 0.378. The Morgan fingerprint density at radius 1 is 1.45 bits per heavy atom. The Kier molecular flexibility index (Phi) is 1.88. The SMILES string of the molecule is C#Cc1nc(N)nc(OC)n1. The Balaban J connectivity index is 3.15. The van der Waals surface area contributed by atoms with Gasteiger partial charge in [0.25, 0.3) is 0 Å². The molecule has 11 heavy (non-hydrogen) atoms. The summed E-state index contributed by atoms with van der Waals surface area (Å²) in [6, 6.07) is 0.130. The van der Waals surface area contributed by atoms with Gasteiger partial charge in [-0.1, -0.05) is 0 Å². The minimum Gasteiger partial charge on any atom is -0.467 e. The van der Waals surface area contributed by atoms with Gasteiger partial charge < -0.3 is 10.5 Å². The average Bonchev–Trinajstić information content (AvgIpc) is 2.03. The number of nitrogen functional groups attached to an aromatic ring is 1. The van der Waals surface area contributed by atoms with Crippen molar-refractivity contribution in [2.24, 2.45) is 0 Å². The molecule has 5 heteroatoms. The third-order valence-electron chi connectivity index (χ3n) is 0.944. The van der Waals surface area contributed by atoms with E-state index in [2.05, 4.69) is 20.9 Å². The number of methoxy groups -OCH3 is 1. The topological polar surface area (TPSA) is 73.9 Å². The number of ether oxygens (including phenoxy) is 1. The summed E-state index contributed by atoms with van der Waals surface area (Å²) in [5.41, 5.74) is 5.27. The highest BCUT2D eigenvalue weighted by atomic mass is 16.5. The second-order valence-corrected chi connectivity index (χ2v) is 1.65. The zero-order chi connectivity index (χ0) is 8.27. The van der Waals surface area contributed by atoms with Crippen molar-refractivity contribution in [1.29, 1.82) is 0 Å². The van der Waals surface area contributed by atoms with Crippen LogP contribution in [0.3, 0.4) is 0 Å². The van der Waals surface area contributed by atoms with Gasteiger partial charge in [0.15, 0.2) is 0 Å². The minimum atomic E-state index is 0.0600. The first-order valence-corrected chi connectivity index (χ1v) is 2.78. The minimum absolute atomic E-state index is 0.0600. The number of anilines is 1. The molecule has 0 amide bonds. The first-order chi connectivity index (χ1) is 5.26. The van der Waals surface area contributed by atoms with Crippen LogP contribution in [-0.2, 0) is 0 Å². The van der Waals surface area contributed by atoms with Gasteiger partial charge in [0.05, 0.1) is 7.11 Å². The van der Waals surface area contributed by atoms with Crippen molar-refractivity contribution in [3.63, 3.8) is 0 Å². The van der Waals surface area contributed by atoms with Crippen molar-refractivity contribution < 1.29 is 4.74 Å². The molecule has 1 aromatic heterocycles. The summed E-state index contributed by atoms with van der Waals surface area (Å²) in [7, 11) is 1.43. The van der Waals surface area contributed by atoms with Crippen LogP contribution in [0.25, 0.3) is 0 Å². The molecule has 0 unspecified atom stereocenters. The van der Waals surface area contributed by atoms with Crippen molar-refractivity contribution in [1.82, 2.24) is 15.0 Å². The van der Waals surface area contributed by atoms with Gasteiger partial charge in [0.2, 0.25) is 11.8 Å². The highest BCUT2D eigenvalue weighted by molar-refractivity contribution is 5.25. The maximum Gasteiger partial charge on any atom is 0.322 e. The summed E-state index contributed by atoms with van der Waals surface area (Å²) in [5.74, 6) is 2.46. The van der Waals surface area contributed by atoms with Gasteiger partial charge in [-0.2, -0.15) is 15.0 Å². The molecule has 5 nitrogen and oxygen atoms in total. The standard InChI is InChI=1S/C6H6N4O/c1-3-4-8-5(7)10-6(9-4)11-2/h1H,2H3,(H2,7,8,9,10). The first-order valence-electron chi connectivity index (χ1n) is 2.78. The molecule has 0 fully saturated rings. The summed E-state index contributed by atoms with van der Waals surface area (Å²) in [5, 5.41) is 0. The second-order valence-electron chi connectivity index (χ2n) is 1.65. The Bertz CT molecular complexity index is 304. The van der Waals surface area contributed by atoms with E-state index in [0.717, 1.165) is 0 Å². The van der Waals surface area contributed by atoms with Crippen LogP contribution in [0.4, 0.5) is 5.95 Å². The summed E-state index contributed by atoms with van der Waals surface area (Å²) < 4.78 is 4.70. The zero-order valence-corrected chi connectivity index (χ0v) is 5.90. The molecular formula is C6H6N4O. The van der Waals surface area contributed by atoms with Crippen LogP contribution in [0.5, 0.6) is 6.01 Å². The maximum atomic E-state index is 5.27. The molecular weight excluding hydrogens is 144 g/mol. The fourth-order valence-electron chi connectivity index (χ4n) is 0.528. The predicted molar refractivity (Wildman–Crippen MR) is 38.7 cm³/mol. The number of nitrogens with two attached hydrogens (primary N) is 1. The molecule has 0 aliphatic heterocycles. The molecule has 0 saturated carbocycles. The fraction of sp³-hybridized carbons (Fsp3) is 0.167. The normalized spacial score (nSPS) is 8.73. The van der Waals surface area contributed by atoms with Gasteiger partial charge in [0, 0.05) is 0 Å². The molecule has 0 saturated heterocycles. The lowest BCUT2D eigenvalue weighted by Crippen LogP contribution is -2.02. The van der Waals surface area contributed by atoms with Crippen LogP contribution < -0.4 is 10.5 Å². The predicted octanol–water partition coefficient (Wildman–Crippen LogP) is -0.556. The average molecular weight is 150 g/mol. The first kappa shape index (κ1) is 7.28. The molecule has 2 N–H and O–H groups in total. The molecule has 0 atom stereocenters. The Morgan fingerprint density at radius 2 is 2.18 bits per heavy atom. The van der Waals surface area contributed by atoms with Crippen molar-refractivity contribution in [2.45, 2.75) is 0 Å². The zero-order valence-electron chi connectivity index (χ0n) is 5.90. The fourth-order valence-corrected chi connectivity index (χ4v) is 0.528. The van der Waals surface area contributed by atoms with Crippen molar-refractivity contribution in [3.8, 4) is 18.4 Å². The number of hydrogen-bond acceptors (Lipinski definition) is 5. The monoisotopic (exact) mass is 150 g/mol. The third-order valence-corrected chi connectivity index (χ3v) is 0.944. The second kappa shape index (κ2) is 2.84. The number of terminal acetylenes is 1. The molecule has 0 aliphatic carbocycles. The quantitative estimate of drug-likeness (QED) is 0.543. The Morgan fingerprint density at radius 3 is 2.73 bits per heavy atom.